The van der Waals surface area contributed by atoms with Crippen molar-refractivity contribution in [1.82, 2.24) is 29.7 Å². The predicted octanol–water partition coefficient (Wildman–Crippen LogP) is 14.6. The molecule has 3 aromatic heterocycles. The predicted molar refractivity (Wildman–Crippen MR) is 365 cm³/mol. The summed E-state index contributed by atoms with van der Waals surface area (Å²) in [6.45, 7) is 9.24. The number of pyridine rings is 3. The number of ketones is 1. The number of carbonyl (C=O) groups is 4. The van der Waals surface area contributed by atoms with Gasteiger partial charge in [0, 0.05) is 113 Å². The molecule has 3 amide bonds. The third kappa shape index (κ3) is 15.7. The van der Waals surface area contributed by atoms with E-state index in [2.05, 4.69) is 28.2 Å². The van der Waals surface area contributed by atoms with E-state index in [1.165, 1.54) is 56.3 Å². The van der Waals surface area contributed by atoms with E-state index in [0.29, 0.717) is 92.1 Å². The molecule has 0 saturated carbocycles. The molecule has 3 saturated heterocycles. The lowest BCUT2D eigenvalue weighted by atomic mass is 9.71. The van der Waals surface area contributed by atoms with Crippen molar-refractivity contribution in [3.05, 3.63) is 197 Å². The molecule has 3 fully saturated rings. The van der Waals surface area contributed by atoms with Crippen LogP contribution in [-0.4, -0.2) is 157 Å². The van der Waals surface area contributed by atoms with Crippen molar-refractivity contribution in [3.63, 3.8) is 0 Å². The minimum atomic E-state index is -3.94. The summed E-state index contributed by atoms with van der Waals surface area (Å²) < 4.78 is 62.8. The number of halogens is 3. The number of nitrogens with zero attached hydrogens (tertiary/aromatic N) is 6. The normalized spacial score (nSPS) is 18.2. The summed E-state index contributed by atoms with van der Waals surface area (Å²) in [4.78, 5) is 66.8. The SMILES string of the molecule is CCOC(=O)N1CCC(=C2c3ccc(Cl)cc3CCc3cccnc32)CC1.CCOC(=O)N1CCC(C2(O)c3ccc(Cl)cc3CCc3cccnc32)(P(=O)(OC)OC)CC1.CCOC(=O)N1CCC(P(=O)(OC)OC)CC1.O=C1c2ccc(Cl)cc2CCc2cccnc21. The van der Waals surface area contributed by atoms with E-state index >= 15 is 0 Å². The van der Waals surface area contributed by atoms with Gasteiger partial charge in [0.15, 0.2) is 0 Å². The van der Waals surface area contributed by atoms with Crippen molar-refractivity contribution in [2.45, 2.75) is 114 Å². The third-order valence-electron chi connectivity index (χ3n) is 18.6. The van der Waals surface area contributed by atoms with Crippen LogP contribution >= 0.6 is 50.0 Å². The maximum absolute atomic E-state index is 14.3. The van der Waals surface area contributed by atoms with Crippen LogP contribution in [0, 0.1) is 0 Å². The molecule has 6 aliphatic rings. The van der Waals surface area contributed by atoms with E-state index in [1.54, 1.807) is 65.2 Å². The number of benzene rings is 3. The van der Waals surface area contributed by atoms with Gasteiger partial charge in [0.05, 0.1) is 36.9 Å². The molecule has 0 spiro atoms. The molecular weight excluding hydrogens is 1320 g/mol. The topological polar surface area (TPSA) is 236 Å². The second-order valence-corrected chi connectivity index (χ2v) is 30.0. The lowest BCUT2D eigenvalue weighted by Crippen LogP contribution is -2.59. The Kier molecular flexibility index (Phi) is 25.0. The minimum Gasteiger partial charge on any atom is -0.450 e. The molecule has 3 aromatic carbocycles. The summed E-state index contributed by atoms with van der Waals surface area (Å²) in [5.41, 5.74) is 11.5. The number of aliphatic hydroxyl groups is 1. The maximum Gasteiger partial charge on any atom is 0.409 e. The molecular formula is C70H83Cl3N6O14P2. The van der Waals surface area contributed by atoms with Gasteiger partial charge in [-0.1, -0.05) is 70.7 Å². The zero-order valence-corrected chi connectivity index (χ0v) is 58.8. The van der Waals surface area contributed by atoms with Crippen molar-refractivity contribution in [2.24, 2.45) is 0 Å². The van der Waals surface area contributed by atoms with Crippen LogP contribution < -0.4 is 0 Å². The third-order valence-corrected chi connectivity index (χ3v) is 24.5. The molecule has 3 aliphatic heterocycles. The summed E-state index contributed by atoms with van der Waals surface area (Å²) >= 11 is 18.6. The summed E-state index contributed by atoms with van der Waals surface area (Å²) in [6, 6.07) is 28.7. The number of aryl methyl sites for hydroxylation is 6. The van der Waals surface area contributed by atoms with Crippen molar-refractivity contribution in [1.29, 1.82) is 0 Å². The number of hydrogen-bond acceptors (Lipinski definition) is 17. The van der Waals surface area contributed by atoms with Crippen molar-refractivity contribution in [2.75, 3.05) is 87.5 Å². The Balaban J connectivity index is 0.000000155. The summed E-state index contributed by atoms with van der Waals surface area (Å²) in [5.74, 6) is 0.00441. The fourth-order valence-electron chi connectivity index (χ4n) is 13.7. The first-order chi connectivity index (χ1) is 45.8. The van der Waals surface area contributed by atoms with Crippen LogP contribution in [0.3, 0.4) is 0 Å². The first-order valence-electron chi connectivity index (χ1n) is 32.1. The Hall–Kier alpha value is -6.54. The molecule has 20 nitrogen and oxygen atoms in total. The first kappa shape index (κ1) is 72.7. The van der Waals surface area contributed by atoms with Gasteiger partial charge in [-0.15, -0.1) is 0 Å². The Bertz CT molecular complexity index is 3850. The van der Waals surface area contributed by atoms with Crippen LogP contribution in [0.4, 0.5) is 14.4 Å². The molecule has 1 unspecified atom stereocenters. The lowest BCUT2D eigenvalue weighted by Gasteiger charge is -2.52. The number of fused-ring (bicyclic) bond motifs is 6. The Morgan fingerprint density at radius 2 is 0.958 bits per heavy atom. The molecule has 0 bridgehead atoms. The van der Waals surface area contributed by atoms with Gasteiger partial charge in [-0.25, -0.2) is 14.4 Å². The number of aromatic nitrogens is 3. The average Bonchev–Trinajstić information content (AvgIpc) is 1.55. The maximum atomic E-state index is 14.3. The van der Waals surface area contributed by atoms with Crippen LogP contribution in [0.15, 0.2) is 115 Å². The highest BCUT2D eigenvalue weighted by Gasteiger charge is 2.67. The molecule has 508 valence electrons. The van der Waals surface area contributed by atoms with Crippen LogP contribution in [0.5, 0.6) is 0 Å². The molecule has 95 heavy (non-hydrogen) atoms. The highest BCUT2D eigenvalue weighted by molar-refractivity contribution is 7.55. The van der Waals surface area contributed by atoms with Crippen LogP contribution in [0.25, 0.3) is 5.57 Å². The average molecular weight is 1400 g/mol. The minimum absolute atomic E-state index is 0.00441. The highest BCUT2D eigenvalue weighted by Crippen LogP contribution is 2.71. The molecule has 6 heterocycles. The van der Waals surface area contributed by atoms with E-state index in [9.17, 15) is 33.4 Å². The van der Waals surface area contributed by atoms with Gasteiger partial charge < -0.3 is 52.1 Å². The number of amides is 3. The van der Waals surface area contributed by atoms with Gasteiger partial charge >= 0.3 is 33.5 Å². The van der Waals surface area contributed by atoms with Gasteiger partial charge in [0.2, 0.25) is 5.78 Å². The Morgan fingerprint density at radius 3 is 1.49 bits per heavy atom. The van der Waals surface area contributed by atoms with E-state index in [4.69, 9.17) is 72.1 Å². The second-order valence-electron chi connectivity index (χ2n) is 23.5. The summed E-state index contributed by atoms with van der Waals surface area (Å²) in [7, 11) is -1.51. The first-order valence-corrected chi connectivity index (χ1v) is 36.4. The van der Waals surface area contributed by atoms with E-state index in [0.717, 1.165) is 77.1 Å². The van der Waals surface area contributed by atoms with E-state index in [1.807, 2.05) is 61.7 Å². The summed E-state index contributed by atoms with van der Waals surface area (Å²) in [6.07, 6.45) is 12.2. The zero-order chi connectivity index (χ0) is 68.1. The van der Waals surface area contributed by atoms with E-state index in [-0.39, 0.29) is 56.2 Å². The van der Waals surface area contributed by atoms with Crippen LogP contribution in [0.1, 0.15) is 131 Å². The largest absolute Gasteiger partial charge is 0.450 e. The zero-order valence-electron chi connectivity index (χ0n) is 54.8. The molecule has 1 N–H and O–H groups in total. The summed E-state index contributed by atoms with van der Waals surface area (Å²) in [5, 5.41) is 13.5. The highest BCUT2D eigenvalue weighted by atomic mass is 35.5. The number of rotatable bonds is 10. The number of hydrogen-bond donors (Lipinski definition) is 1. The van der Waals surface area contributed by atoms with Gasteiger partial charge in [0.25, 0.3) is 0 Å². The smallest absolute Gasteiger partial charge is 0.409 e. The molecule has 3 aliphatic carbocycles. The van der Waals surface area contributed by atoms with Gasteiger partial charge in [0.1, 0.15) is 16.5 Å². The van der Waals surface area contributed by atoms with Gasteiger partial charge in [-0.05, 0) is 203 Å². The number of piperidine rings is 3. The monoisotopic (exact) mass is 1400 g/mol. The molecule has 6 aromatic rings. The quantitative estimate of drug-likeness (QED) is 0.0991. The van der Waals surface area contributed by atoms with E-state index < -0.39 is 32.0 Å². The molecule has 1 atom stereocenters. The fourth-order valence-corrected chi connectivity index (χ4v) is 18.1. The van der Waals surface area contributed by atoms with Crippen molar-refractivity contribution < 1.29 is 65.7 Å². The number of ether oxygens (including phenoxy) is 3. The number of carbonyl (C=O) groups excluding carboxylic acids is 4. The molecule has 25 heteroatoms. The Morgan fingerprint density at radius 1 is 0.526 bits per heavy atom. The molecule has 12 rings (SSSR count). The standard InChI is InChI=1S/C24H30ClN2O6P.C22H23ClN2O2.C14H10ClNO.C10H20NO5P/c1-4-33-22(28)27-14-11-23(12-15-27,34(30,31-2)32-3)24(29)20-10-9-19(25)16-18(20)8-7-17-6-5-13-26-21(17)24;1-2-27-22(26)25-12-9-15(10-13-25)20-19-8-7-18(23)14-17(19)6-5-16-4-3-11-24-21(16)20;15-11-5-6-12-10(8-11)4-3-9-2-1-7-16-13(9)14(12)17;1-4-16-10(12)11-7-5-9(6-8-11)17(13,14-2)15-3/h5-6,9-10,13,16,29H,4,7-8,11-12,14-15H2,1-3H3;3-4,7-8,11,14H,2,5-6,9-10,12-13H2,1H3;1-2,5-8H,3-4H2;9H,4-8H2,1-3H3. The van der Waals surface area contributed by atoms with Crippen LogP contribution in [-0.2, 0) is 85.6 Å². The molecule has 0 radical (unpaired) electrons. The second kappa shape index (κ2) is 32.7. The lowest BCUT2D eigenvalue weighted by molar-refractivity contribution is -0.0157. The number of likely N-dealkylation sites (tertiary alicyclic amines) is 3. The van der Waals surface area contributed by atoms with Gasteiger partial charge in [-0.2, -0.15) is 0 Å². The van der Waals surface area contributed by atoms with Crippen LogP contribution in [0.2, 0.25) is 15.1 Å². The van der Waals surface area contributed by atoms with Crippen molar-refractivity contribution in [3.8, 4) is 0 Å². The fraction of sp³-hybridized carbons (Fsp3) is 0.443. The van der Waals surface area contributed by atoms with Gasteiger partial charge in [-0.3, -0.25) is 28.9 Å². The van der Waals surface area contributed by atoms with Crippen molar-refractivity contribution >= 4 is 79.6 Å². The Labute approximate surface area is 571 Å².